The molecule has 2 amide bonds. The van der Waals surface area contributed by atoms with Crippen LogP contribution in [0.15, 0.2) is 23.1 Å². The summed E-state index contributed by atoms with van der Waals surface area (Å²) >= 11 is 0. The van der Waals surface area contributed by atoms with Gasteiger partial charge in [-0.1, -0.05) is 26.8 Å². The maximum atomic E-state index is 13.0. The fourth-order valence-corrected chi connectivity index (χ4v) is 4.50. The first kappa shape index (κ1) is 21.3. The van der Waals surface area contributed by atoms with Gasteiger partial charge in [-0.05, 0) is 30.0 Å². The highest BCUT2D eigenvalue weighted by Crippen LogP contribution is 2.23. The Hall–Kier alpha value is -1.97. The normalized spacial score (nSPS) is 15.6. The van der Waals surface area contributed by atoms with Crippen molar-refractivity contribution in [1.82, 2.24) is 15.2 Å². The van der Waals surface area contributed by atoms with Gasteiger partial charge in [-0.3, -0.25) is 20.4 Å². The predicted molar refractivity (Wildman–Crippen MR) is 100 cm³/mol. The van der Waals surface area contributed by atoms with E-state index in [9.17, 15) is 18.0 Å². The van der Waals surface area contributed by atoms with Gasteiger partial charge in [0.2, 0.25) is 15.9 Å². The second-order valence-electron chi connectivity index (χ2n) is 6.79. The number of hydrogen-bond acceptors (Lipinski definition) is 5. The maximum absolute atomic E-state index is 13.0. The average Bonchev–Trinajstić information content (AvgIpc) is 2.65. The lowest BCUT2D eigenvalue weighted by Crippen LogP contribution is -2.42. The number of amides is 2. The molecular weight excluding hydrogens is 370 g/mol. The number of rotatable bonds is 6. The highest BCUT2D eigenvalue weighted by Gasteiger charge is 2.29. The summed E-state index contributed by atoms with van der Waals surface area (Å²) in [6, 6.07) is 4.56. The van der Waals surface area contributed by atoms with Crippen molar-refractivity contribution in [2.75, 3.05) is 26.3 Å². The second kappa shape index (κ2) is 9.29. The second-order valence-corrected chi connectivity index (χ2v) is 8.70. The molecule has 150 valence electrons. The van der Waals surface area contributed by atoms with Crippen LogP contribution in [-0.2, 0) is 26.0 Å². The number of hydrogen-bond donors (Lipinski definition) is 2. The van der Waals surface area contributed by atoms with Crippen molar-refractivity contribution in [3.63, 3.8) is 0 Å². The summed E-state index contributed by atoms with van der Waals surface area (Å²) in [5.41, 5.74) is 5.49. The van der Waals surface area contributed by atoms with E-state index in [1.807, 2.05) is 20.8 Å². The maximum Gasteiger partial charge on any atom is 0.269 e. The molecule has 9 heteroatoms. The summed E-state index contributed by atoms with van der Waals surface area (Å²) in [6.07, 6.45) is 0.803. The molecule has 0 aromatic heterocycles. The summed E-state index contributed by atoms with van der Waals surface area (Å²) in [4.78, 5) is 24.1. The van der Waals surface area contributed by atoms with Crippen LogP contribution in [0.4, 0.5) is 0 Å². The van der Waals surface area contributed by atoms with Crippen molar-refractivity contribution < 1.29 is 22.7 Å². The predicted octanol–water partition coefficient (Wildman–Crippen LogP) is 1.08. The van der Waals surface area contributed by atoms with E-state index in [1.54, 1.807) is 12.1 Å². The van der Waals surface area contributed by atoms with Crippen LogP contribution in [0.1, 0.15) is 43.1 Å². The van der Waals surface area contributed by atoms with E-state index < -0.39 is 15.9 Å². The minimum atomic E-state index is -3.72. The van der Waals surface area contributed by atoms with Gasteiger partial charge in [-0.25, -0.2) is 8.42 Å². The molecule has 27 heavy (non-hydrogen) atoms. The molecule has 0 aliphatic carbocycles. The Bertz CT molecular complexity index is 786. The van der Waals surface area contributed by atoms with Crippen molar-refractivity contribution in [2.24, 2.45) is 5.92 Å². The van der Waals surface area contributed by atoms with E-state index in [0.29, 0.717) is 25.2 Å². The molecular formula is C18H27N3O5S. The summed E-state index contributed by atoms with van der Waals surface area (Å²) in [6.45, 7) is 6.92. The molecule has 1 fully saturated rings. The van der Waals surface area contributed by atoms with Crippen LogP contribution < -0.4 is 10.9 Å². The number of aryl methyl sites for hydroxylation is 1. The lowest BCUT2D eigenvalue weighted by Gasteiger charge is -2.27. The molecule has 0 radical (unpaired) electrons. The van der Waals surface area contributed by atoms with Gasteiger partial charge in [-0.15, -0.1) is 0 Å². The number of benzene rings is 1. The molecule has 0 atom stereocenters. The lowest BCUT2D eigenvalue weighted by atomic mass is 10.1. The number of carbonyl (C=O) groups is 2. The highest BCUT2D eigenvalue weighted by atomic mass is 32.2. The lowest BCUT2D eigenvalue weighted by molar-refractivity contribution is -0.122. The Balaban J connectivity index is 2.21. The van der Waals surface area contributed by atoms with Gasteiger partial charge in [-0.2, -0.15) is 4.31 Å². The molecule has 2 rings (SSSR count). The number of hydrazine groups is 1. The van der Waals surface area contributed by atoms with Gasteiger partial charge in [0.15, 0.2) is 0 Å². The molecule has 2 N–H and O–H groups in total. The van der Waals surface area contributed by atoms with Crippen molar-refractivity contribution >= 4 is 21.8 Å². The number of ether oxygens (including phenoxy) is 1. The zero-order chi connectivity index (χ0) is 20.0. The quantitative estimate of drug-likeness (QED) is 0.699. The Morgan fingerprint density at radius 2 is 1.85 bits per heavy atom. The van der Waals surface area contributed by atoms with E-state index in [2.05, 4.69) is 10.9 Å². The summed E-state index contributed by atoms with van der Waals surface area (Å²) < 4.78 is 32.6. The molecule has 0 spiro atoms. The summed E-state index contributed by atoms with van der Waals surface area (Å²) in [5, 5.41) is 0. The Kier molecular flexibility index (Phi) is 7.34. The SMILES string of the molecule is CCc1ccc(C(=O)NNC(=O)CC(C)C)cc1S(=O)(=O)N1CCOCC1. The molecule has 1 aliphatic rings. The number of sulfonamides is 1. The molecule has 1 heterocycles. The molecule has 0 saturated carbocycles. The van der Waals surface area contributed by atoms with Crippen LogP contribution in [0, 0.1) is 5.92 Å². The summed E-state index contributed by atoms with van der Waals surface area (Å²) in [7, 11) is -3.72. The van der Waals surface area contributed by atoms with Crippen molar-refractivity contribution in [1.29, 1.82) is 0 Å². The number of carbonyl (C=O) groups excluding carboxylic acids is 2. The zero-order valence-corrected chi connectivity index (χ0v) is 16.8. The van der Waals surface area contributed by atoms with Crippen molar-refractivity contribution in [3.8, 4) is 0 Å². The average molecular weight is 397 g/mol. The molecule has 1 saturated heterocycles. The van der Waals surface area contributed by atoms with Gasteiger partial charge < -0.3 is 4.74 Å². The Labute approximate surface area is 160 Å². The molecule has 0 bridgehead atoms. The van der Waals surface area contributed by atoms with E-state index in [4.69, 9.17) is 4.74 Å². The van der Waals surface area contributed by atoms with Gasteiger partial charge in [0.05, 0.1) is 18.1 Å². The van der Waals surface area contributed by atoms with E-state index in [-0.39, 0.29) is 41.8 Å². The van der Waals surface area contributed by atoms with Crippen LogP contribution in [-0.4, -0.2) is 50.8 Å². The van der Waals surface area contributed by atoms with Crippen LogP contribution in [0.3, 0.4) is 0 Å². The van der Waals surface area contributed by atoms with Gasteiger partial charge in [0, 0.05) is 25.1 Å². The highest BCUT2D eigenvalue weighted by molar-refractivity contribution is 7.89. The molecule has 1 aliphatic heterocycles. The topological polar surface area (TPSA) is 105 Å². The van der Waals surface area contributed by atoms with Crippen molar-refractivity contribution in [3.05, 3.63) is 29.3 Å². The first-order valence-corrected chi connectivity index (χ1v) is 10.5. The minimum Gasteiger partial charge on any atom is -0.379 e. The molecule has 1 aromatic carbocycles. The number of nitrogens with one attached hydrogen (secondary N) is 2. The van der Waals surface area contributed by atoms with Crippen LogP contribution in [0.25, 0.3) is 0 Å². The fourth-order valence-electron chi connectivity index (χ4n) is 2.77. The number of morpholine rings is 1. The largest absolute Gasteiger partial charge is 0.379 e. The van der Waals surface area contributed by atoms with E-state index in [1.165, 1.54) is 10.4 Å². The molecule has 0 unspecified atom stereocenters. The Morgan fingerprint density at radius 3 is 2.44 bits per heavy atom. The third kappa shape index (κ3) is 5.50. The number of nitrogens with zero attached hydrogens (tertiary/aromatic N) is 1. The zero-order valence-electron chi connectivity index (χ0n) is 15.9. The fraction of sp³-hybridized carbons (Fsp3) is 0.556. The Morgan fingerprint density at radius 1 is 1.19 bits per heavy atom. The van der Waals surface area contributed by atoms with Crippen LogP contribution in [0.5, 0.6) is 0 Å². The molecule has 1 aromatic rings. The van der Waals surface area contributed by atoms with E-state index in [0.717, 1.165) is 0 Å². The smallest absolute Gasteiger partial charge is 0.269 e. The first-order valence-electron chi connectivity index (χ1n) is 9.05. The third-order valence-electron chi connectivity index (χ3n) is 4.21. The van der Waals surface area contributed by atoms with Crippen molar-refractivity contribution in [2.45, 2.75) is 38.5 Å². The summed E-state index contributed by atoms with van der Waals surface area (Å²) in [5.74, 6) is -0.700. The van der Waals surface area contributed by atoms with Gasteiger partial charge in [0.25, 0.3) is 5.91 Å². The van der Waals surface area contributed by atoms with E-state index >= 15 is 0 Å². The van der Waals surface area contributed by atoms with Crippen LogP contribution in [0.2, 0.25) is 0 Å². The van der Waals surface area contributed by atoms with Crippen LogP contribution >= 0.6 is 0 Å². The van der Waals surface area contributed by atoms with Gasteiger partial charge in [0.1, 0.15) is 0 Å². The minimum absolute atomic E-state index is 0.119. The molecule has 8 nitrogen and oxygen atoms in total. The third-order valence-corrected chi connectivity index (χ3v) is 6.19. The van der Waals surface area contributed by atoms with Gasteiger partial charge >= 0.3 is 0 Å². The monoisotopic (exact) mass is 397 g/mol. The first-order chi connectivity index (χ1) is 12.8. The standard InChI is InChI=1S/C18H27N3O5S/c1-4-14-5-6-15(18(23)20-19-17(22)11-13(2)3)12-16(14)27(24,25)21-7-9-26-10-8-21/h5-6,12-13H,4,7-11H2,1-3H3,(H,19,22)(H,20,23).